The quantitative estimate of drug-likeness (QED) is 0.450. The molecule has 0 saturated carbocycles. The molecule has 2 amide bonds. The fourth-order valence-corrected chi connectivity index (χ4v) is 1.81. The zero-order valence-electron chi connectivity index (χ0n) is 9.93. The predicted octanol–water partition coefficient (Wildman–Crippen LogP) is 0.191. The molecule has 2 heterocycles. The Kier molecular flexibility index (Phi) is 3.83. The number of nitrogens with two attached hydrogens (primary N) is 1. The van der Waals surface area contributed by atoms with Crippen LogP contribution < -0.4 is 11.3 Å². The first kappa shape index (κ1) is 12.4. The number of anilines is 1. The Bertz CT molecular complexity index is 427. The molecule has 1 aliphatic heterocycles. The van der Waals surface area contributed by atoms with Gasteiger partial charge in [-0.05, 0) is 12.8 Å². The van der Waals surface area contributed by atoms with Gasteiger partial charge in [-0.1, -0.05) is 0 Å². The highest BCUT2D eigenvalue weighted by Gasteiger charge is 2.24. The molecule has 2 rings (SSSR count). The average molecular weight is 249 g/mol. The summed E-state index contributed by atoms with van der Waals surface area (Å²) in [4.78, 5) is 32.9. The molecule has 3 N–H and O–H groups in total. The van der Waals surface area contributed by atoms with Crippen LogP contribution in [0, 0.1) is 0 Å². The van der Waals surface area contributed by atoms with E-state index in [1.807, 2.05) is 0 Å². The molecule has 1 aliphatic rings. The zero-order valence-corrected chi connectivity index (χ0v) is 9.93. The van der Waals surface area contributed by atoms with Gasteiger partial charge in [0.15, 0.2) is 5.82 Å². The van der Waals surface area contributed by atoms with Crippen LogP contribution in [0.2, 0.25) is 0 Å². The number of hydrazine groups is 1. The Morgan fingerprint density at radius 2 is 1.83 bits per heavy atom. The van der Waals surface area contributed by atoms with Crippen LogP contribution in [-0.4, -0.2) is 26.7 Å². The molecule has 0 aliphatic carbocycles. The summed E-state index contributed by atoms with van der Waals surface area (Å²) in [6.07, 6.45) is 5.33. The molecule has 18 heavy (non-hydrogen) atoms. The first-order valence-electron chi connectivity index (χ1n) is 5.81. The number of hydrogen-bond acceptors (Lipinski definition) is 6. The van der Waals surface area contributed by atoms with Gasteiger partial charge in [-0.2, -0.15) is 0 Å². The van der Waals surface area contributed by atoms with E-state index in [0.717, 1.165) is 12.8 Å². The van der Waals surface area contributed by atoms with E-state index in [2.05, 4.69) is 15.4 Å². The van der Waals surface area contributed by atoms with Gasteiger partial charge in [0, 0.05) is 12.8 Å². The van der Waals surface area contributed by atoms with E-state index in [1.54, 1.807) is 0 Å². The van der Waals surface area contributed by atoms with Crippen LogP contribution in [0.25, 0.3) is 0 Å². The molecule has 1 fully saturated rings. The molecule has 0 bridgehead atoms. The van der Waals surface area contributed by atoms with Crippen LogP contribution in [0.1, 0.15) is 31.4 Å². The predicted molar refractivity (Wildman–Crippen MR) is 63.9 cm³/mol. The summed E-state index contributed by atoms with van der Waals surface area (Å²) in [5.41, 5.74) is 2.93. The number of likely N-dealkylation sites (tertiary alicyclic amines) is 1. The van der Waals surface area contributed by atoms with E-state index in [-0.39, 0.29) is 18.4 Å². The highest BCUT2D eigenvalue weighted by atomic mass is 16.2. The second-order valence-electron chi connectivity index (χ2n) is 4.12. The molecule has 0 unspecified atom stereocenters. The minimum absolute atomic E-state index is 0.139. The molecular weight excluding hydrogens is 234 g/mol. The van der Waals surface area contributed by atoms with Gasteiger partial charge in [0.2, 0.25) is 11.8 Å². The topological polar surface area (TPSA) is 101 Å². The summed E-state index contributed by atoms with van der Waals surface area (Å²) in [7, 11) is 0. The lowest BCUT2D eigenvalue weighted by molar-refractivity contribution is -0.144. The maximum absolute atomic E-state index is 11.8. The van der Waals surface area contributed by atoms with Crippen molar-refractivity contribution in [3.8, 4) is 0 Å². The van der Waals surface area contributed by atoms with Crippen molar-refractivity contribution in [3.63, 3.8) is 0 Å². The number of aromatic nitrogens is 2. The van der Waals surface area contributed by atoms with E-state index < -0.39 is 0 Å². The third kappa shape index (κ3) is 2.80. The van der Waals surface area contributed by atoms with Crippen LogP contribution in [0.4, 0.5) is 5.82 Å². The molecule has 1 aromatic heterocycles. The molecule has 7 heteroatoms. The Hall–Kier alpha value is -2.02. The van der Waals surface area contributed by atoms with Crippen molar-refractivity contribution in [3.05, 3.63) is 18.1 Å². The molecule has 96 valence electrons. The fourth-order valence-electron chi connectivity index (χ4n) is 1.81. The Balaban J connectivity index is 2.10. The molecule has 1 aromatic rings. The van der Waals surface area contributed by atoms with Crippen LogP contribution in [0.3, 0.4) is 0 Å². The largest absolute Gasteiger partial charge is 0.307 e. The van der Waals surface area contributed by atoms with Crippen molar-refractivity contribution in [1.82, 2.24) is 14.9 Å². The molecule has 0 spiro atoms. The van der Waals surface area contributed by atoms with Gasteiger partial charge >= 0.3 is 0 Å². The lowest BCUT2D eigenvalue weighted by atomic mass is 10.2. The van der Waals surface area contributed by atoms with Gasteiger partial charge in [0.05, 0.1) is 24.6 Å². The van der Waals surface area contributed by atoms with E-state index in [4.69, 9.17) is 5.84 Å². The molecule has 0 aromatic carbocycles. The van der Waals surface area contributed by atoms with Crippen molar-refractivity contribution in [1.29, 1.82) is 0 Å². The Morgan fingerprint density at radius 3 is 2.33 bits per heavy atom. The van der Waals surface area contributed by atoms with Crippen LogP contribution in [-0.2, 0) is 16.1 Å². The number of nitrogens with one attached hydrogen (secondary N) is 1. The highest BCUT2D eigenvalue weighted by Crippen LogP contribution is 2.15. The van der Waals surface area contributed by atoms with Crippen LogP contribution in [0.5, 0.6) is 0 Å². The van der Waals surface area contributed by atoms with Gasteiger partial charge in [-0.25, -0.2) is 10.8 Å². The normalized spacial score (nSPS) is 16.6. The lowest BCUT2D eigenvalue weighted by Gasteiger charge is -2.17. The number of nitrogens with zero attached hydrogens (tertiary/aromatic N) is 3. The molecule has 1 saturated heterocycles. The summed E-state index contributed by atoms with van der Waals surface area (Å²) in [5, 5.41) is 0. The Morgan fingerprint density at radius 1 is 1.17 bits per heavy atom. The first-order chi connectivity index (χ1) is 8.70. The minimum atomic E-state index is -0.139. The van der Waals surface area contributed by atoms with E-state index in [0.29, 0.717) is 24.4 Å². The number of carbonyl (C=O) groups is 2. The van der Waals surface area contributed by atoms with E-state index in [1.165, 1.54) is 17.3 Å². The maximum atomic E-state index is 11.8. The second-order valence-corrected chi connectivity index (χ2v) is 4.12. The minimum Gasteiger partial charge on any atom is -0.307 e. The number of nitrogen functional groups attached to an aromatic ring is 1. The highest BCUT2D eigenvalue weighted by molar-refractivity contribution is 5.95. The van der Waals surface area contributed by atoms with Crippen molar-refractivity contribution in [2.45, 2.75) is 32.2 Å². The van der Waals surface area contributed by atoms with Gasteiger partial charge in [-0.3, -0.25) is 19.5 Å². The van der Waals surface area contributed by atoms with Crippen LogP contribution in [0.15, 0.2) is 12.4 Å². The summed E-state index contributed by atoms with van der Waals surface area (Å²) in [6.45, 7) is 0.176. The van der Waals surface area contributed by atoms with Crippen molar-refractivity contribution in [2.75, 3.05) is 5.43 Å². The number of imide groups is 1. The van der Waals surface area contributed by atoms with Gasteiger partial charge in [0.25, 0.3) is 0 Å². The second kappa shape index (κ2) is 5.54. The number of rotatable bonds is 3. The third-order valence-corrected chi connectivity index (χ3v) is 2.81. The maximum Gasteiger partial charge on any atom is 0.229 e. The molecule has 0 atom stereocenters. The third-order valence-electron chi connectivity index (χ3n) is 2.81. The fraction of sp³-hybridized carbons (Fsp3) is 0.455. The van der Waals surface area contributed by atoms with Crippen molar-refractivity contribution in [2.24, 2.45) is 5.84 Å². The van der Waals surface area contributed by atoms with Crippen LogP contribution >= 0.6 is 0 Å². The molecule has 7 nitrogen and oxygen atoms in total. The molecular formula is C11H15N5O2. The Labute approximate surface area is 104 Å². The zero-order chi connectivity index (χ0) is 13.0. The number of hydrogen-bond donors (Lipinski definition) is 2. The monoisotopic (exact) mass is 249 g/mol. The summed E-state index contributed by atoms with van der Waals surface area (Å²) >= 11 is 0. The lowest BCUT2D eigenvalue weighted by Crippen LogP contribution is -2.34. The SMILES string of the molecule is NNc1cnc(CN2C(=O)CCCCC2=O)cn1. The number of amides is 2. The van der Waals surface area contributed by atoms with Crippen molar-refractivity contribution < 1.29 is 9.59 Å². The average Bonchev–Trinajstić information content (AvgIpc) is 2.55. The summed E-state index contributed by atoms with van der Waals surface area (Å²) < 4.78 is 0. The van der Waals surface area contributed by atoms with E-state index >= 15 is 0 Å². The summed E-state index contributed by atoms with van der Waals surface area (Å²) in [5.74, 6) is 5.34. The van der Waals surface area contributed by atoms with Crippen molar-refractivity contribution >= 4 is 17.6 Å². The number of carbonyl (C=O) groups excluding carboxylic acids is 2. The van der Waals surface area contributed by atoms with Gasteiger partial charge in [-0.15, -0.1) is 0 Å². The van der Waals surface area contributed by atoms with Gasteiger partial charge < -0.3 is 5.43 Å². The molecule has 0 radical (unpaired) electrons. The van der Waals surface area contributed by atoms with Gasteiger partial charge in [0.1, 0.15) is 0 Å². The smallest absolute Gasteiger partial charge is 0.229 e. The summed E-state index contributed by atoms with van der Waals surface area (Å²) in [6, 6.07) is 0. The first-order valence-corrected chi connectivity index (χ1v) is 5.81. The standard InChI is InChI=1S/C11H15N5O2/c12-15-9-6-13-8(5-14-9)7-16-10(17)3-1-2-4-11(16)18/h5-6H,1-4,7,12H2,(H,14,15). The van der Waals surface area contributed by atoms with E-state index in [9.17, 15) is 9.59 Å².